The summed E-state index contributed by atoms with van der Waals surface area (Å²) in [5.74, 6) is 0.466. The van der Waals surface area contributed by atoms with Crippen molar-refractivity contribution in [1.29, 1.82) is 0 Å². The first kappa shape index (κ1) is 15.5. The van der Waals surface area contributed by atoms with E-state index in [2.05, 4.69) is 20.5 Å². The summed E-state index contributed by atoms with van der Waals surface area (Å²) in [5, 5.41) is 25.3. The topological polar surface area (TPSA) is 113 Å². The number of tetrazole rings is 1. The molecule has 0 radical (unpaired) electrons. The number of nitro groups is 1. The highest BCUT2D eigenvalue weighted by Crippen LogP contribution is 2.36. The number of benzene rings is 1. The monoisotopic (exact) mass is 375 g/mol. The third kappa shape index (κ3) is 2.60. The number of rotatable bonds is 5. The maximum atomic E-state index is 11.4. The Hall–Kier alpha value is -2.99. The van der Waals surface area contributed by atoms with Gasteiger partial charge < -0.3 is 14.9 Å². The molecule has 0 unspecified atom stereocenters. The zero-order valence-corrected chi connectivity index (χ0v) is 14.3. The molecule has 3 aromatic heterocycles. The minimum absolute atomic E-state index is 0.115. The van der Waals surface area contributed by atoms with Gasteiger partial charge in [-0.15, -0.1) is 5.10 Å². The summed E-state index contributed by atoms with van der Waals surface area (Å²) in [6.07, 6.45) is 1.61. The Balaban J connectivity index is 1.79. The van der Waals surface area contributed by atoms with Gasteiger partial charge in [0.1, 0.15) is 17.6 Å². The summed E-state index contributed by atoms with van der Waals surface area (Å²) in [5.41, 5.74) is 0.626. The molecule has 0 aliphatic heterocycles. The minimum atomic E-state index is -0.466. The summed E-state index contributed by atoms with van der Waals surface area (Å²) < 4.78 is 8.21. The van der Waals surface area contributed by atoms with Gasteiger partial charge in [0.25, 0.3) is 4.96 Å². The highest BCUT2D eigenvalue weighted by Gasteiger charge is 2.26. The van der Waals surface area contributed by atoms with Crippen LogP contribution in [0.3, 0.4) is 0 Å². The van der Waals surface area contributed by atoms with Gasteiger partial charge in [0.15, 0.2) is 0 Å². The van der Waals surface area contributed by atoms with Crippen LogP contribution in [0.1, 0.15) is 0 Å². The average molecular weight is 375 g/mol. The number of methoxy groups -OCH3 is 1. The second-order valence-corrected chi connectivity index (χ2v) is 6.53. The summed E-state index contributed by atoms with van der Waals surface area (Å²) in [6, 6.07) is 7.22. The van der Waals surface area contributed by atoms with Crippen LogP contribution in [0.4, 0.5) is 5.82 Å². The third-order valence-electron chi connectivity index (χ3n) is 3.32. The first-order chi connectivity index (χ1) is 12.2. The van der Waals surface area contributed by atoms with E-state index in [9.17, 15) is 10.1 Å². The molecule has 0 bridgehead atoms. The van der Waals surface area contributed by atoms with E-state index in [-0.39, 0.29) is 10.8 Å². The predicted molar refractivity (Wildman–Crippen MR) is 89.6 cm³/mol. The lowest BCUT2D eigenvalue weighted by Crippen LogP contribution is -2.02. The fraction of sp³-hybridized carbons (Fsp3) is 0.0769. The normalized spacial score (nSPS) is 11.1. The Morgan fingerprint density at radius 3 is 3.00 bits per heavy atom. The van der Waals surface area contributed by atoms with E-state index in [0.717, 1.165) is 11.8 Å². The highest BCUT2D eigenvalue weighted by molar-refractivity contribution is 7.99. The van der Waals surface area contributed by atoms with Gasteiger partial charge in [-0.3, -0.25) is 0 Å². The van der Waals surface area contributed by atoms with E-state index in [4.69, 9.17) is 4.74 Å². The number of thiazole rings is 1. The molecule has 0 N–H and O–H groups in total. The fourth-order valence-corrected chi connectivity index (χ4v) is 3.91. The summed E-state index contributed by atoms with van der Waals surface area (Å²) in [4.78, 5) is 15.8. The van der Waals surface area contributed by atoms with Gasteiger partial charge in [-0.25, -0.2) is 0 Å². The number of imidazole rings is 1. The van der Waals surface area contributed by atoms with Crippen LogP contribution in [0.25, 0.3) is 10.6 Å². The molecule has 0 aliphatic rings. The Morgan fingerprint density at radius 2 is 2.20 bits per heavy atom. The molecule has 126 valence electrons. The van der Waals surface area contributed by atoms with E-state index in [1.807, 2.05) is 12.1 Å². The SMILES string of the molecule is COc1ccccc1-n1nnnc1Sc1nc2sccn2c1[N+](=O)[O-]. The van der Waals surface area contributed by atoms with Crippen molar-refractivity contribution in [2.24, 2.45) is 0 Å². The van der Waals surface area contributed by atoms with Gasteiger partial charge in [0.2, 0.25) is 10.2 Å². The van der Waals surface area contributed by atoms with Crippen molar-refractivity contribution in [2.75, 3.05) is 7.11 Å². The van der Waals surface area contributed by atoms with Crippen molar-refractivity contribution in [3.63, 3.8) is 0 Å². The summed E-state index contributed by atoms with van der Waals surface area (Å²) >= 11 is 2.34. The van der Waals surface area contributed by atoms with Crippen molar-refractivity contribution < 1.29 is 9.66 Å². The maximum Gasteiger partial charge on any atom is 0.363 e. The van der Waals surface area contributed by atoms with Crippen molar-refractivity contribution in [2.45, 2.75) is 10.2 Å². The molecule has 3 heterocycles. The smallest absolute Gasteiger partial charge is 0.363 e. The quantitative estimate of drug-likeness (QED) is 0.386. The van der Waals surface area contributed by atoms with Crippen LogP contribution >= 0.6 is 23.1 Å². The molecule has 4 rings (SSSR count). The second-order valence-electron chi connectivity index (χ2n) is 4.70. The molecule has 1 aromatic carbocycles. The zero-order valence-electron chi connectivity index (χ0n) is 12.6. The van der Waals surface area contributed by atoms with Crippen LogP contribution < -0.4 is 4.74 Å². The number of fused-ring (bicyclic) bond motifs is 1. The van der Waals surface area contributed by atoms with E-state index >= 15 is 0 Å². The molecule has 0 saturated heterocycles. The second kappa shape index (κ2) is 6.14. The number of para-hydroxylation sites is 2. The lowest BCUT2D eigenvalue weighted by atomic mass is 10.3. The van der Waals surface area contributed by atoms with E-state index in [1.165, 1.54) is 20.4 Å². The van der Waals surface area contributed by atoms with Crippen molar-refractivity contribution in [3.05, 3.63) is 46.0 Å². The van der Waals surface area contributed by atoms with Crippen LogP contribution in [0.2, 0.25) is 0 Å². The zero-order chi connectivity index (χ0) is 17.4. The molecular formula is C13H9N7O3S2. The molecule has 10 nitrogen and oxygen atoms in total. The van der Waals surface area contributed by atoms with Gasteiger partial charge in [-0.2, -0.15) is 14.1 Å². The molecule has 0 saturated carbocycles. The van der Waals surface area contributed by atoms with Crippen LogP contribution in [-0.4, -0.2) is 41.6 Å². The standard InChI is InChI=1S/C13H9N7O3S2/c1-23-9-5-3-2-4-8(9)19-13(15-16-17-19)25-10-11(20(21)22)18-6-7-24-12(18)14-10/h2-7H,1H3. The number of aromatic nitrogens is 6. The van der Waals surface area contributed by atoms with E-state index < -0.39 is 4.92 Å². The van der Waals surface area contributed by atoms with Crippen LogP contribution in [0, 0.1) is 10.1 Å². The Labute approximate surface area is 148 Å². The van der Waals surface area contributed by atoms with Crippen LogP contribution in [0.5, 0.6) is 5.75 Å². The van der Waals surface area contributed by atoms with Crippen molar-refractivity contribution in [3.8, 4) is 11.4 Å². The average Bonchev–Trinajstić information content (AvgIpc) is 3.30. The molecule has 0 atom stereocenters. The van der Waals surface area contributed by atoms with Gasteiger partial charge in [0, 0.05) is 5.38 Å². The first-order valence-electron chi connectivity index (χ1n) is 6.88. The predicted octanol–water partition coefficient (Wildman–Crippen LogP) is 2.44. The molecule has 25 heavy (non-hydrogen) atoms. The number of hydrogen-bond acceptors (Lipinski definition) is 9. The number of hydrogen-bond donors (Lipinski definition) is 0. The van der Waals surface area contributed by atoms with Crippen molar-refractivity contribution >= 4 is 33.9 Å². The third-order valence-corrected chi connectivity index (χ3v) is 4.98. The lowest BCUT2D eigenvalue weighted by Gasteiger charge is -2.08. The molecule has 12 heteroatoms. The largest absolute Gasteiger partial charge is 0.494 e. The Morgan fingerprint density at radius 1 is 1.36 bits per heavy atom. The van der Waals surface area contributed by atoms with Gasteiger partial charge in [-0.05, 0) is 39.2 Å². The maximum absolute atomic E-state index is 11.4. The number of ether oxygens (including phenoxy) is 1. The van der Waals surface area contributed by atoms with Gasteiger partial charge >= 0.3 is 5.82 Å². The molecule has 4 aromatic rings. The van der Waals surface area contributed by atoms with Crippen LogP contribution in [0.15, 0.2) is 46.0 Å². The molecule has 0 spiro atoms. The fourth-order valence-electron chi connectivity index (χ4n) is 2.27. The molecule has 0 fully saturated rings. The molecular weight excluding hydrogens is 366 g/mol. The lowest BCUT2D eigenvalue weighted by molar-refractivity contribution is -0.393. The molecule has 0 aliphatic carbocycles. The van der Waals surface area contributed by atoms with E-state index in [1.54, 1.807) is 30.8 Å². The number of nitrogens with zero attached hydrogens (tertiary/aromatic N) is 7. The Bertz CT molecular complexity index is 1070. The summed E-state index contributed by atoms with van der Waals surface area (Å²) in [7, 11) is 1.55. The minimum Gasteiger partial charge on any atom is -0.494 e. The van der Waals surface area contributed by atoms with Gasteiger partial charge in [-0.1, -0.05) is 23.5 Å². The molecule has 0 amide bonds. The highest BCUT2D eigenvalue weighted by atomic mass is 32.2. The van der Waals surface area contributed by atoms with Crippen LogP contribution in [-0.2, 0) is 0 Å². The van der Waals surface area contributed by atoms with Gasteiger partial charge in [0.05, 0.1) is 7.11 Å². The summed E-state index contributed by atoms with van der Waals surface area (Å²) in [6.45, 7) is 0. The van der Waals surface area contributed by atoms with E-state index in [0.29, 0.717) is 21.6 Å². The van der Waals surface area contributed by atoms with Crippen molar-refractivity contribution in [1.82, 2.24) is 29.6 Å². The Kier molecular flexibility index (Phi) is 3.82. The first-order valence-corrected chi connectivity index (χ1v) is 8.58.